The SMILES string of the molecule is FC(F)(F)C1CCCN1c1nc(Cl)nn2cccc12. The zero-order chi connectivity index (χ0) is 13.6. The molecule has 0 aromatic carbocycles. The van der Waals surface area contributed by atoms with E-state index in [-0.39, 0.29) is 17.5 Å². The van der Waals surface area contributed by atoms with Crippen LogP contribution in [0.25, 0.3) is 5.52 Å². The average molecular weight is 291 g/mol. The summed E-state index contributed by atoms with van der Waals surface area (Å²) in [4.78, 5) is 5.25. The molecule has 0 spiro atoms. The molecule has 2 aromatic rings. The van der Waals surface area contributed by atoms with Crippen LogP contribution in [0.15, 0.2) is 18.3 Å². The molecule has 0 radical (unpaired) electrons. The number of alkyl halides is 3. The Hall–Kier alpha value is -1.50. The molecule has 1 aliphatic heterocycles. The van der Waals surface area contributed by atoms with Gasteiger partial charge in [0.1, 0.15) is 11.6 Å². The maximum atomic E-state index is 13.0. The summed E-state index contributed by atoms with van der Waals surface area (Å²) < 4.78 is 40.4. The average Bonchev–Trinajstić information content (AvgIpc) is 2.94. The maximum absolute atomic E-state index is 13.0. The van der Waals surface area contributed by atoms with Gasteiger partial charge < -0.3 is 4.90 Å². The monoisotopic (exact) mass is 290 g/mol. The van der Waals surface area contributed by atoms with Gasteiger partial charge >= 0.3 is 6.18 Å². The Balaban J connectivity index is 2.10. The van der Waals surface area contributed by atoms with Crippen LogP contribution in [-0.2, 0) is 0 Å². The molecule has 4 nitrogen and oxygen atoms in total. The fourth-order valence-corrected chi connectivity index (χ4v) is 2.63. The van der Waals surface area contributed by atoms with Gasteiger partial charge in [-0.05, 0) is 36.6 Å². The summed E-state index contributed by atoms with van der Waals surface area (Å²) in [6, 6.07) is 1.87. The van der Waals surface area contributed by atoms with Gasteiger partial charge in [-0.1, -0.05) is 0 Å². The van der Waals surface area contributed by atoms with Crippen molar-refractivity contribution in [2.45, 2.75) is 25.1 Å². The van der Waals surface area contributed by atoms with E-state index < -0.39 is 12.2 Å². The number of halogens is 4. The van der Waals surface area contributed by atoms with Gasteiger partial charge in [0, 0.05) is 12.7 Å². The largest absolute Gasteiger partial charge is 0.408 e. The van der Waals surface area contributed by atoms with E-state index in [1.54, 1.807) is 18.3 Å². The Bertz CT molecular complexity index is 609. The van der Waals surface area contributed by atoms with Crippen LogP contribution in [0.3, 0.4) is 0 Å². The molecule has 8 heteroatoms. The van der Waals surface area contributed by atoms with Crippen LogP contribution in [0.4, 0.5) is 19.0 Å². The highest BCUT2D eigenvalue weighted by Crippen LogP contribution is 2.36. The number of nitrogens with zero attached hydrogens (tertiary/aromatic N) is 4. The lowest BCUT2D eigenvalue weighted by atomic mass is 10.2. The Kier molecular flexibility index (Phi) is 2.81. The lowest BCUT2D eigenvalue weighted by Gasteiger charge is -2.27. The van der Waals surface area contributed by atoms with Crippen LogP contribution in [-0.4, -0.2) is 33.4 Å². The molecule has 2 aromatic heterocycles. The van der Waals surface area contributed by atoms with Crippen molar-refractivity contribution in [1.29, 1.82) is 0 Å². The second-order valence-electron chi connectivity index (χ2n) is 4.44. The van der Waals surface area contributed by atoms with Crippen molar-refractivity contribution in [3.8, 4) is 0 Å². The molecule has 1 fully saturated rings. The van der Waals surface area contributed by atoms with E-state index in [0.29, 0.717) is 18.5 Å². The van der Waals surface area contributed by atoms with Crippen LogP contribution in [0, 0.1) is 0 Å². The first-order valence-corrected chi connectivity index (χ1v) is 6.19. The van der Waals surface area contributed by atoms with E-state index in [1.165, 1.54) is 9.42 Å². The summed E-state index contributed by atoms with van der Waals surface area (Å²) in [6.07, 6.45) is -2.07. The van der Waals surface area contributed by atoms with Crippen molar-refractivity contribution in [2.75, 3.05) is 11.4 Å². The summed E-state index contributed by atoms with van der Waals surface area (Å²) >= 11 is 5.77. The molecule has 0 saturated carbocycles. The minimum absolute atomic E-state index is 0.0634. The molecule has 1 unspecified atom stereocenters. The van der Waals surface area contributed by atoms with E-state index in [1.807, 2.05) is 0 Å². The molecule has 102 valence electrons. The maximum Gasteiger partial charge on any atom is 0.408 e. The Morgan fingerprint density at radius 3 is 2.89 bits per heavy atom. The van der Waals surface area contributed by atoms with E-state index in [0.717, 1.165) is 0 Å². The highest BCUT2D eigenvalue weighted by atomic mass is 35.5. The third-order valence-corrected chi connectivity index (χ3v) is 3.41. The Morgan fingerprint density at radius 2 is 2.16 bits per heavy atom. The third kappa shape index (κ3) is 2.11. The fourth-order valence-electron chi connectivity index (χ4n) is 2.46. The van der Waals surface area contributed by atoms with E-state index >= 15 is 0 Å². The lowest BCUT2D eigenvalue weighted by Crippen LogP contribution is -2.41. The number of anilines is 1. The zero-order valence-electron chi connectivity index (χ0n) is 9.73. The second-order valence-corrected chi connectivity index (χ2v) is 4.77. The van der Waals surface area contributed by atoms with Gasteiger partial charge in [-0.2, -0.15) is 18.2 Å². The molecule has 1 saturated heterocycles. The smallest absolute Gasteiger partial charge is 0.343 e. The molecule has 1 aliphatic rings. The summed E-state index contributed by atoms with van der Waals surface area (Å²) in [7, 11) is 0. The standard InChI is InChI=1S/C11H10ClF3N4/c12-10-16-9(7-3-1-6-19(7)17-10)18-5-2-4-8(18)11(13,14)15/h1,3,6,8H,2,4-5H2. The van der Waals surface area contributed by atoms with Crippen molar-refractivity contribution < 1.29 is 13.2 Å². The molecule has 3 rings (SSSR count). The van der Waals surface area contributed by atoms with Crippen molar-refractivity contribution in [1.82, 2.24) is 14.6 Å². The number of rotatable bonds is 1. The summed E-state index contributed by atoms with van der Waals surface area (Å²) in [5.74, 6) is 0.241. The van der Waals surface area contributed by atoms with Crippen molar-refractivity contribution in [3.05, 3.63) is 23.6 Å². The van der Waals surface area contributed by atoms with E-state index in [4.69, 9.17) is 11.6 Å². The zero-order valence-corrected chi connectivity index (χ0v) is 10.5. The van der Waals surface area contributed by atoms with Gasteiger partial charge in [0.2, 0.25) is 5.28 Å². The predicted octanol–water partition coefficient (Wildman–Crippen LogP) is 2.91. The first-order chi connectivity index (χ1) is 8.97. The quantitative estimate of drug-likeness (QED) is 0.810. The van der Waals surface area contributed by atoms with Crippen LogP contribution in [0.1, 0.15) is 12.8 Å². The van der Waals surface area contributed by atoms with E-state index in [9.17, 15) is 13.2 Å². The van der Waals surface area contributed by atoms with Gasteiger partial charge in [-0.15, -0.1) is 5.10 Å². The number of hydrogen-bond acceptors (Lipinski definition) is 3. The fraction of sp³-hybridized carbons (Fsp3) is 0.455. The molecular weight excluding hydrogens is 281 g/mol. The number of hydrogen-bond donors (Lipinski definition) is 0. The van der Waals surface area contributed by atoms with Gasteiger partial charge in [0.05, 0.1) is 0 Å². The van der Waals surface area contributed by atoms with Crippen LogP contribution < -0.4 is 4.90 Å². The number of aromatic nitrogens is 3. The molecular formula is C11H10ClF3N4. The van der Waals surface area contributed by atoms with Gasteiger partial charge in [0.15, 0.2) is 5.82 Å². The lowest BCUT2D eigenvalue weighted by molar-refractivity contribution is -0.146. The predicted molar refractivity (Wildman–Crippen MR) is 64.4 cm³/mol. The Morgan fingerprint density at radius 1 is 1.37 bits per heavy atom. The first kappa shape index (κ1) is 12.5. The minimum Gasteiger partial charge on any atom is -0.343 e. The van der Waals surface area contributed by atoms with Crippen molar-refractivity contribution in [2.24, 2.45) is 0 Å². The molecule has 1 atom stereocenters. The molecule has 3 heterocycles. The van der Waals surface area contributed by atoms with Gasteiger partial charge in [-0.25, -0.2) is 4.52 Å². The topological polar surface area (TPSA) is 33.4 Å². The summed E-state index contributed by atoms with van der Waals surface area (Å²) in [5.41, 5.74) is 0.528. The normalized spacial score (nSPS) is 20.4. The second kappa shape index (κ2) is 4.26. The highest BCUT2D eigenvalue weighted by molar-refractivity contribution is 6.28. The van der Waals surface area contributed by atoms with Crippen molar-refractivity contribution in [3.63, 3.8) is 0 Å². The van der Waals surface area contributed by atoms with Crippen LogP contribution >= 0.6 is 11.6 Å². The van der Waals surface area contributed by atoms with Gasteiger partial charge in [-0.3, -0.25) is 0 Å². The van der Waals surface area contributed by atoms with E-state index in [2.05, 4.69) is 10.1 Å². The van der Waals surface area contributed by atoms with Crippen LogP contribution in [0.2, 0.25) is 5.28 Å². The molecule has 19 heavy (non-hydrogen) atoms. The Labute approximate surface area is 111 Å². The third-order valence-electron chi connectivity index (χ3n) is 3.25. The first-order valence-electron chi connectivity index (χ1n) is 5.81. The van der Waals surface area contributed by atoms with Gasteiger partial charge in [0.25, 0.3) is 0 Å². The highest BCUT2D eigenvalue weighted by Gasteiger charge is 2.46. The number of fused-ring (bicyclic) bond motifs is 1. The summed E-state index contributed by atoms with van der Waals surface area (Å²) in [5, 5.41) is 3.85. The molecule has 0 aliphatic carbocycles. The van der Waals surface area contributed by atoms with Crippen molar-refractivity contribution >= 4 is 22.9 Å². The minimum atomic E-state index is -4.27. The molecule has 0 bridgehead atoms. The molecule has 0 amide bonds. The van der Waals surface area contributed by atoms with Crippen LogP contribution in [0.5, 0.6) is 0 Å². The summed E-state index contributed by atoms with van der Waals surface area (Å²) in [6.45, 7) is 0.318. The molecule has 0 N–H and O–H groups in total.